The Labute approximate surface area is 64.1 Å². The highest BCUT2D eigenvalue weighted by atomic mass is 15.5. The highest BCUT2D eigenvalue weighted by Gasteiger charge is 2.43. The summed E-state index contributed by atoms with van der Waals surface area (Å²) in [6.45, 7) is 2.25. The Hall–Kier alpha value is -1.13. The number of azide groups is 1. The molecule has 6 heteroatoms. The van der Waals surface area contributed by atoms with E-state index in [1.807, 2.05) is 6.92 Å². The van der Waals surface area contributed by atoms with E-state index in [4.69, 9.17) is 11.3 Å². The van der Waals surface area contributed by atoms with Gasteiger partial charge in [-0.15, -0.1) is 0 Å². The van der Waals surface area contributed by atoms with Gasteiger partial charge in [0.2, 0.25) is 5.66 Å². The third-order valence-corrected chi connectivity index (χ3v) is 1.73. The molecule has 0 aromatic rings. The van der Waals surface area contributed by atoms with Crippen molar-refractivity contribution < 1.29 is 0 Å². The summed E-state index contributed by atoms with van der Waals surface area (Å²) >= 11 is 0. The van der Waals surface area contributed by atoms with E-state index in [0.717, 1.165) is 0 Å². The van der Waals surface area contributed by atoms with E-state index in [1.54, 1.807) is 0 Å². The van der Waals surface area contributed by atoms with E-state index in [-0.39, 0.29) is 6.04 Å². The SMILES string of the molecule is CC(N)C1(CCN=[N+]=[N-])N=N1. The van der Waals surface area contributed by atoms with Gasteiger partial charge in [0.25, 0.3) is 0 Å². The zero-order valence-electron chi connectivity index (χ0n) is 6.30. The zero-order chi connectivity index (χ0) is 8.32. The fraction of sp³-hybridized carbons (Fsp3) is 1.00. The Bertz CT molecular complexity index is 207. The van der Waals surface area contributed by atoms with Crippen LogP contribution in [0.25, 0.3) is 10.4 Å². The van der Waals surface area contributed by atoms with Crippen LogP contribution in [0.15, 0.2) is 15.3 Å². The van der Waals surface area contributed by atoms with E-state index in [2.05, 4.69) is 20.3 Å². The van der Waals surface area contributed by atoms with Crippen molar-refractivity contribution in [3.05, 3.63) is 10.4 Å². The van der Waals surface area contributed by atoms with Gasteiger partial charge in [0.1, 0.15) is 0 Å². The Kier molecular flexibility index (Phi) is 2.07. The Balaban J connectivity index is 2.31. The number of hydrogen-bond donors (Lipinski definition) is 1. The zero-order valence-corrected chi connectivity index (χ0v) is 6.30. The van der Waals surface area contributed by atoms with Crippen molar-refractivity contribution >= 4 is 0 Å². The molecule has 1 aliphatic heterocycles. The smallest absolute Gasteiger partial charge is 0.205 e. The summed E-state index contributed by atoms with van der Waals surface area (Å²) in [5.74, 6) is 0. The molecule has 1 unspecified atom stereocenters. The number of nitrogens with two attached hydrogens (primary N) is 1. The minimum absolute atomic E-state index is 0.0867. The van der Waals surface area contributed by atoms with Gasteiger partial charge in [0.15, 0.2) is 0 Å². The molecule has 0 fully saturated rings. The van der Waals surface area contributed by atoms with Crippen LogP contribution in [0.2, 0.25) is 0 Å². The molecule has 1 atom stereocenters. The first kappa shape index (κ1) is 7.97. The Morgan fingerprint density at radius 1 is 1.73 bits per heavy atom. The summed E-state index contributed by atoms with van der Waals surface area (Å²) in [6.07, 6.45) is 0.620. The second kappa shape index (κ2) is 2.86. The largest absolute Gasteiger partial charge is 0.324 e. The van der Waals surface area contributed by atoms with E-state index in [1.165, 1.54) is 0 Å². The molecular weight excluding hydrogens is 144 g/mol. The average Bonchev–Trinajstić information content (AvgIpc) is 2.70. The molecule has 0 aliphatic carbocycles. The second-order valence-electron chi connectivity index (χ2n) is 2.57. The minimum Gasteiger partial charge on any atom is -0.324 e. The molecule has 6 nitrogen and oxygen atoms in total. The van der Waals surface area contributed by atoms with Crippen molar-refractivity contribution in [2.24, 2.45) is 21.1 Å². The predicted molar refractivity (Wildman–Crippen MR) is 39.9 cm³/mol. The molecule has 0 radical (unpaired) electrons. The lowest BCUT2D eigenvalue weighted by molar-refractivity contribution is 0.470. The van der Waals surface area contributed by atoms with Crippen LogP contribution in [0.5, 0.6) is 0 Å². The standard InChI is InChI=1S/C5H10N6/c1-4(6)5(9-10-5)2-3-8-11-7/h4H,2-3,6H2,1H3. The minimum atomic E-state index is -0.436. The summed E-state index contributed by atoms with van der Waals surface area (Å²) < 4.78 is 0. The lowest BCUT2D eigenvalue weighted by Crippen LogP contribution is -2.35. The van der Waals surface area contributed by atoms with Crippen molar-refractivity contribution in [3.8, 4) is 0 Å². The van der Waals surface area contributed by atoms with Gasteiger partial charge in [-0.2, -0.15) is 10.2 Å². The van der Waals surface area contributed by atoms with E-state index in [0.29, 0.717) is 13.0 Å². The fourth-order valence-corrected chi connectivity index (χ4v) is 0.833. The topological polar surface area (TPSA) is 99.5 Å². The van der Waals surface area contributed by atoms with Gasteiger partial charge in [-0.05, 0) is 12.5 Å². The third-order valence-electron chi connectivity index (χ3n) is 1.73. The van der Waals surface area contributed by atoms with Gasteiger partial charge in [-0.1, -0.05) is 5.11 Å². The molecule has 0 saturated heterocycles. The van der Waals surface area contributed by atoms with E-state index >= 15 is 0 Å². The molecule has 0 aromatic heterocycles. The van der Waals surface area contributed by atoms with Crippen LogP contribution >= 0.6 is 0 Å². The van der Waals surface area contributed by atoms with Crippen molar-refractivity contribution in [1.29, 1.82) is 0 Å². The predicted octanol–water partition coefficient (Wildman–Crippen LogP) is 1.20. The number of rotatable bonds is 4. The molecule has 11 heavy (non-hydrogen) atoms. The van der Waals surface area contributed by atoms with Crippen LogP contribution in [0, 0.1) is 0 Å². The van der Waals surface area contributed by atoms with Crippen LogP contribution in [0.1, 0.15) is 13.3 Å². The number of nitrogens with zero attached hydrogens (tertiary/aromatic N) is 5. The second-order valence-corrected chi connectivity index (χ2v) is 2.57. The molecule has 0 bridgehead atoms. The Morgan fingerprint density at radius 3 is 2.73 bits per heavy atom. The molecule has 0 aromatic carbocycles. The average molecular weight is 154 g/mol. The van der Waals surface area contributed by atoms with Gasteiger partial charge in [-0.25, -0.2) is 0 Å². The molecule has 1 heterocycles. The maximum atomic E-state index is 7.99. The highest BCUT2D eigenvalue weighted by Crippen LogP contribution is 2.34. The Morgan fingerprint density at radius 2 is 2.36 bits per heavy atom. The first-order valence-electron chi connectivity index (χ1n) is 3.42. The van der Waals surface area contributed by atoms with Crippen LogP contribution < -0.4 is 5.73 Å². The monoisotopic (exact) mass is 154 g/mol. The molecule has 1 rings (SSSR count). The lowest BCUT2D eigenvalue weighted by atomic mass is 10.0. The maximum absolute atomic E-state index is 7.99. The third kappa shape index (κ3) is 1.66. The molecular formula is C5H10N6. The van der Waals surface area contributed by atoms with Crippen molar-refractivity contribution in [3.63, 3.8) is 0 Å². The molecule has 1 aliphatic rings. The van der Waals surface area contributed by atoms with E-state index < -0.39 is 5.66 Å². The van der Waals surface area contributed by atoms with Crippen LogP contribution in [-0.4, -0.2) is 18.2 Å². The van der Waals surface area contributed by atoms with Gasteiger partial charge in [0, 0.05) is 17.9 Å². The quantitative estimate of drug-likeness (QED) is 0.367. The van der Waals surface area contributed by atoms with Crippen molar-refractivity contribution in [2.75, 3.05) is 6.54 Å². The number of hydrogen-bond acceptors (Lipinski definition) is 4. The van der Waals surface area contributed by atoms with Gasteiger partial charge in [0.05, 0.1) is 6.04 Å². The summed E-state index contributed by atoms with van der Waals surface area (Å²) in [7, 11) is 0. The van der Waals surface area contributed by atoms with Gasteiger partial charge >= 0.3 is 0 Å². The summed E-state index contributed by atoms with van der Waals surface area (Å²) in [6, 6.07) is -0.0867. The lowest BCUT2D eigenvalue weighted by Gasteiger charge is -2.11. The highest BCUT2D eigenvalue weighted by molar-refractivity contribution is 5.00. The van der Waals surface area contributed by atoms with Crippen LogP contribution in [-0.2, 0) is 0 Å². The first-order valence-corrected chi connectivity index (χ1v) is 3.42. The summed E-state index contributed by atoms with van der Waals surface area (Å²) in [5.41, 5.74) is 13.1. The van der Waals surface area contributed by atoms with Gasteiger partial charge in [-0.3, -0.25) is 0 Å². The molecule has 0 saturated carbocycles. The van der Waals surface area contributed by atoms with Gasteiger partial charge < -0.3 is 5.73 Å². The normalized spacial score (nSPS) is 20.5. The van der Waals surface area contributed by atoms with Crippen molar-refractivity contribution in [2.45, 2.75) is 25.0 Å². The first-order chi connectivity index (χ1) is 5.21. The van der Waals surface area contributed by atoms with Crippen LogP contribution in [0.3, 0.4) is 0 Å². The van der Waals surface area contributed by atoms with E-state index in [9.17, 15) is 0 Å². The van der Waals surface area contributed by atoms with Crippen LogP contribution in [0.4, 0.5) is 0 Å². The molecule has 60 valence electrons. The van der Waals surface area contributed by atoms with Crippen molar-refractivity contribution in [1.82, 2.24) is 0 Å². The maximum Gasteiger partial charge on any atom is 0.205 e. The molecule has 2 N–H and O–H groups in total. The summed E-state index contributed by atoms with van der Waals surface area (Å²) in [4.78, 5) is 2.63. The molecule has 0 spiro atoms. The summed E-state index contributed by atoms with van der Waals surface area (Å²) in [5, 5.41) is 11.0. The molecule has 0 amide bonds. The fourth-order valence-electron chi connectivity index (χ4n) is 0.833.